The summed E-state index contributed by atoms with van der Waals surface area (Å²) in [5, 5.41) is 8.00. The van der Waals surface area contributed by atoms with Gasteiger partial charge in [0.2, 0.25) is 11.8 Å². The Morgan fingerprint density at radius 3 is 1.22 bits per heavy atom. The third-order valence-corrected chi connectivity index (χ3v) is 8.03. The van der Waals surface area contributed by atoms with Crippen molar-refractivity contribution in [2.24, 2.45) is 10.2 Å². The number of hydrazone groups is 2. The molecule has 0 atom stereocenters. The van der Waals surface area contributed by atoms with Gasteiger partial charge in [0.25, 0.3) is 0 Å². The Hall–Kier alpha value is -6.70. The van der Waals surface area contributed by atoms with Gasteiger partial charge in [0, 0.05) is 12.8 Å². The Kier molecular flexibility index (Phi) is 16.2. The summed E-state index contributed by atoms with van der Waals surface area (Å²) in [4.78, 5) is 49.4. The predicted octanol–water partition coefficient (Wildman–Crippen LogP) is 6.49. The molecule has 0 bridgehead atoms. The van der Waals surface area contributed by atoms with E-state index < -0.39 is 11.9 Å². The van der Waals surface area contributed by atoms with Crippen LogP contribution in [0.2, 0.25) is 0 Å². The first-order chi connectivity index (χ1) is 26.7. The number of carbonyl (C=O) groups excluding carboxylic acids is 4. The standard InChI is InChI=1S/C41H44N4O10/c1-50-34-22-16-30(24-36(34)52-3)40(48)54-32-18-12-28(13-19-32)26-42-44-38(46)10-8-6-5-7-9-11-39(47)45-43-27-29-14-20-33(21-15-29)55-41(49)31-17-23-35(51-2)37(25-31)53-4/h12-27H,5-11H2,1-4H3,(H,44,46)(H,45,47)/b42-26+,43-27+. The average molecular weight is 753 g/mol. The van der Waals surface area contributed by atoms with Crippen LogP contribution in [0.5, 0.6) is 34.5 Å². The summed E-state index contributed by atoms with van der Waals surface area (Å²) in [6, 6.07) is 22.9. The van der Waals surface area contributed by atoms with Crippen molar-refractivity contribution in [1.82, 2.24) is 10.9 Å². The number of nitrogens with zero attached hydrogens (tertiary/aromatic N) is 2. The first-order valence-electron chi connectivity index (χ1n) is 17.4. The minimum atomic E-state index is -0.543. The van der Waals surface area contributed by atoms with E-state index in [1.807, 2.05) is 0 Å². The van der Waals surface area contributed by atoms with Gasteiger partial charge in [-0.2, -0.15) is 10.2 Å². The van der Waals surface area contributed by atoms with Gasteiger partial charge in [0.15, 0.2) is 23.0 Å². The molecule has 4 aromatic carbocycles. The number of ether oxygens (including phenoxy) is 6. The summed E-state index contributed by atoms with van der Waals surface area (Å²) in [6.07, 6.45) is 7.66. The van der Waals surface area contributed by atoms with Gasteiger partial charge in [0.05, 0.1) is 52.0 Å². The third kappa shape index (κ3) is 13.3. The predicted molar refractivity (Wildman–Crippen MR) is 206 cm³/mol. The van der Waals surface area contributed by atoms with E-state index in [1.54, 1.807) is 84.9 Å². The SMILES string of the molecule is COc1ccc(C(=O)Oc2ccc(/C=N/NC(=O)CCCCCCCC(=O)N/N=C/c3ccc(OC(=O)c4ccc(OC)c(OC)c4)cc3)cc2)cc1OC. The number of benzene rings is 4. The van der Waals surface area contributed by atoms with Crippen LogP contribution in [0.1, 0.15) is 76.8 Å². The van der Waals surface area contributed by atoms with Gasteiger partial charge >= 0.3 is 11.9 Å². The molecule has 2 amide bonds. The van der Waals surface area contributed by atoms with E-state index in [9.17, 15) is 19.2 Å². The monoisotopic (exact) mass is 752 g/mol. The van der Waals surface area contributed by atoms with Gasteiger partial charge in [-0.1, -0.05) is 19.3 Å². The first kappa shape index (κ1) is 41.1. The van der Waals surface area contributed by atoms with Crippen LogP contribution in [0.25, 0.3) is 0 Å². The summed E-state index contributed by atoms with van der Waals surface area (Å²) < 4.78 is 31.7. The molecule has 0 fully saturated rings. The Bertz CT molecular complexity index is 1820. The Morgan fingerprint density at radius 2 is 0.855 bits per heavy atom. The van der Waals surface area contributed by atoms with Gasteiger partial charge in [0.1, 0.15) is 11.5 Å². The zero-order valence-electron chi connectivity index (χ0n) is 31.2. The summed E-state index contributed by atoms with van der Waals surface area (Å²) in [5.41, 5.74) is 7.09. The lowest BCUT2D eigenvalue weighted by Gasteiger charge is -2.09. The van der Waals surface area contributed by atoms with Crippen molar-refractivity contribution in [3.8, 4) is 34.5 Å². The van der Waals surface area contributed by atoms with E-state index in [4.69, 9.17) is 28.4 Å². The van der Waals surface area contributed by atoms with Crippen LogP contribution in [-0.4, -0.2) is 64.6 Å². The van der Waals surface area contributed by atoms with Crippen molar-refractivity contribution in [3.05, 3.63) is 107 Å². The molecule has 0 unspecified atom stereocenters. The minimum Gasteiger partial charge on any atom is -0.493 e. The van der Waals surface area contributed by atoms with Crippen LogP contribution in [-0.2, 0) is 9.59 Å². The third-order valence-electron chi connectivity index (χ3n) is 8.03. The van der Waals surface area contributed by atoms with Gasteiger partial charge in [-0.3, -0.25) is 9.59 Å². The van der Waals surface area contributed by atoms with E-state index in [0.717, 1.165) is 19.3 Å². The number of esters is 2. The molecule has 2 N–H and O–H groups in total. The molecule has 0 saturated carbocycles. The molecule has 0 spiro atoms. The van der Waals surface area contributed by atoms with Crippen LogP contribution in [0.3, 0.4) is 0 Å². The van der Waals surface area contributed by atoms with Crippen LogP contribution in [0.4, 0.5) is 0 Å². The highest BCUT2D eigenvalue weighted by Gasteiger charge is 2.14. The lowest BCUT2D eigenvalue weighted by atomic mass is 10.1. The summed E-state index contributed by atoms with van der Waals surface area (Å²) in [5.74, 6) is 1.09. The fourth-order valence-electron chi connectivity index (χ4n) is 5.07. The first-order valence-corrected chi connectivity index (χ1v) is 17.4. The molecule has 288 valence electrons. The maximum absolute atomic E-state index is 12.5. The highest BCUT2D eigenvalue weighted by atomic mass is 16.5. The molecule has 14 heteroatoms. The average Bonchev–Trinajstić information content (AvgIpc) is 3.21. The molecule has 4 aromatic rings. The van der Waals surface area contributed by atoms with Crippen molar-refractivity contribution in [1.29, 1.82) is 0 Å². The second kappa shape index (κ2) is 21.7. The summed E-state index contributed by atoms with van der Waals surface area (Å²) in [7, 11) is 6.00. The highest BCUT2D eigenvalue weighted by molar-refractivity contribution is 5.93. The number of methoxy groups -OCH3 is 4. The van der Waals surface area contributed by atoms with Crippen molar-refractivity contribution < 1.29 is 47.6 Å². The van der Waals surface area contributed by atoms with Crippen molar-refractivity contribution in [2.45, 2.75) is 44.9 Å². The largest absolute Gasteiger partial charge is 0.493 e. The molecule has 0 aliphatic heterocycles. The number of nitrogens with one attached hydrogen (secondary N) is 2. The number of carbonyl (C=O) groups is 4. The lowest BCUT2D eigenvalue weighted by Crippen LogP contribution is -2.17. The maximum Gasteiger partial charge on any atom is 0.343 e. The molecule has 14 nitrogen and oxygen atoms in total. The van der Waals surface area contributed by atoms with E-state index in [1.165, 1.54) is 40.9 Å². The molecule has 0 heterocycles. The normalized spacial score (nSPS) is 10.8. The number of unbranched alkanes of at least 4 members (excludes halogenated alkanes) is 4. The molecule has 0 saturated heterocycles. The number of rotatable bonds is 20. The van der Waals surface area contributed by atoms with Crippen LogP contribution < -0.4 is 39.3 Å². The van der Waals surface area contributed by atoms with Crippen molar-refractivity contribution in [3.63, 3.8) is 0 Å². The van der Waals surface area contributed by atoms with E-state index >= 15 is 0 Å². The Labute approximate surface area is 319 Å². The topological polar surface area (TPSA) is 172 Å². The minimum absolute atomic E-state index is 0.195. The number of hydrogen-bond donors (Lipinski definition) is 2. The molecule has 0 aromatic heterocycles. The maximum atomic E-state index is 12.5. The van der Waals surface area contributed by atoms with Crippen LogP contribution in [0.15, 0.2) is 95.1 Å². The highest BCUT2D eigenvalue weighted by Crippen LogP contribution is 2.29. The van der Waals surface area contributed by atoms with Crippen LogP contribution in [0, 0.1) is 0 Å². The lowest BCUT2D eigenvalue weighted by molar-refractivity contribution is -0.121. The summed E-state index contributed by atoms with van der Waals surface area (Å²) >= 11 is 0. The second-order valence-electron chi connectivity index (χ2n) is 11.9. The quantitative estimate of drug-likeness (QED) is 0.0334. The van der Waals surface area contributed by atoms with Crippen LogP contribution >= 0.6 is 0 Å². The van der Waals surface area contributed by atoms with Gasteiger partial charge in [-0.05, 0) is 109 Å². The molecular formula is C41H44N4O10. The number of hydrogen-bond acceptors (Lipinski definition) is 12. The van der Waals surface area contributed by atoms with Crippen molar-refractivity contribution in [2.75, 3.05) is 28.4 Å². The Morgan fingerprint density at radius 1 is 0.491 bits per heavy atom. The van der Waals surface area contributed by atoms with Crippen molar-refractivity contribution >= 4 is 36.2 Å². The fourth-order valence-corrected chi connectivity index (χ4v) is 5.07. The van der Waals surface area contributed by atoms with Gasteiger partial charge in [-0.15, -0.1) is 0 Å². The zero-order valence-corrected chi connectivity index (χ0v) is 31.2. The molecular weight excluding hydrogens is 708 g/mol. The number of amides is 2. The Balaban J connectivity index is 1.04. The van der Waals surface area contributed by atoms with Gasteiger partial charge in [-0.25, -0.2) is 20.4 Å². The molecule has 4 rings (SSSR count). The fraction of sp³-hybridized carbons (Fsp3) is 0.268. The second-order valence-corrected chi connectivity index (χ2v) is 11.9. The van der Waals surface area contributed by atoms with E-state index in [2.05, 4.69) is 21.1 Å². The van der Waals surface area contributed by atoms with E-state index in [0.29, 0.717) is 82.4 Å². The molecule has 0 aliphatic carbocycles. The molecule has 0 radical (unpaired) electrons. The van der Waals surface area contributed by atoms with E-state index in [-0.39, 0.29) is 11.8 Å². The van der Waals surface area contributed by atoms with Gasteiger partial charge < -0.3 is 28.4 Å². The molecule has 0 aliphatic rings. The molecule has 55 heavy (non-hydrogen) atoms. The zero-order chi connectivity index (χ0) is 39.4. The summed E-state index contributed by atoms with van der Waals surface area (Å²) in [6.45, 7) is 0. The smallest absolute Gasteiger partial charge is 0.343 e.